The molecule has 0 aliphatic carbocycles. The van der Waals surface area contributed by atoms with Crippen LogP contribution in [-0.4, -0.2) is 39.9 Å². The highest BCUT2D eigenvalue weighted by molar-refractivity contribution is 5.86. The number of carbonyl (C=O) groups excluding carboxylic acids is 1. The molecule has 0 aliphatic heterocycles. The molecule has 0 rings (SSSR count). The summed E-state index contributed by atoms with van der Waals surface area (Å²) in [5, 5.41) is 26.4. The van der Waals surface area contributed by atoms with Crippen molar-refractivity contribution in [3.63, 3.8) is 0 Å². The van der Waals surface area contributed by atoms with Crippen LogP contribution in [0.15, 0.2) is 0 Å². The van der Waals surface area contributed by atoms with Crippen molar-refractivity contribution in [3.05, 3.63) is 0 Å². The maximum atomic E-state index is 10.9. The van der Waals surface area contributed by atoms with Crippen molar-refractivity contribution in [3.8, 4) is 0 Å². The lowest BCUT2D eigenvalue weighted by molar-refractivity contribution is -0.137. The topological polar surface area (TPSA) is 77.8 Å². The summed E-state index contributed by atoms with van der Waals surface area (Å²) in [7, 11) is 0. The Morgan fingerprint density at radius 2 is 1.92 bits per heavy atom. The number of Topliss-reactive ketones (excluding diaryl/α,β-unsaturated/α-hetero) is 1. The summed E-state index contributed by atoms with van der Waals surface area (Å²) in [4.78, 5) is 10.9. The predicted octanol–water partition coefficient (Wildman–Crippen LogP) is -0.540. The second kappa shape index (κ2) is 6.11. The molecule has 4 nitrogen and oxygen atoms in total. The first-order valence-electron chi connectivity index (χ1n) is 4.14. The van der Waals surface area contributed by atoms with E-state index in [1.807, 2.05) is 6.92 Å². The van der Waals surface area contributed by atoms with E-state index in [2.05, 4.69) is 0 Å². The minimum Gasteiger partial charge on any atom is -0.393 e. The Kier molecular flexibility index (Phi) is 5.88. The molecule has 0 heterocycles. The summed E-state index contributed by atoms with van der Waals surface area (Å²) >= 11 is 0. The largest absolute Gasteiger partial charge is 0.393 e. The van der Waals surface area contributed by atoms with Crippen molar-refractivity contribution in [2.45, 2.75) is 38.4 Å². The van der Waals surface area contributed by atoms with Gasteiger partial charge in [0.1, 0.15) is 12.2 Å². The quantitative estimate of drug-likeness (QED) is 0.508. The van der Waals surface area contributed by atoms with Gasteiger partial charge in [0.15, 0.2) is 5.78 Å². The smallest absolute Gasteiger partial charge is 0.191 e. The highest BCUT2D eigenvalue weighted by atomic mass is 16.3. The normalized spacial score (nSPS) is 15.7. The van der Waals surface area contributed by atoms with Crippen molar-refractivity contribution in [1.29, 1.82) is 0 Å². The molecule has 2 atom stereocenters. The summed E-state index contributed by atoms with van der Waals surface area (Å²) < 4.78 is 0. The van der Waals surface area contributed by atoms with E-state index in [9.17, 15) is 4.79 Å². The molecule has 4 heteroatoms. The number of aliphatic hydroxyl groups is 3. The van der Waals surface area contributed by atoms with Gasteiger partial charge < -0.3 is 15.3 Å². The fourth-order valence-corrected chi connectivity index (χ4v) is 0.852. The molecule has 12 heavy (non-hydrogen) atoms. The van der Waals surface area contributed by atoms with Gasteiger partial charge in [-0.3, -0.25) is 4.79 Å². The summed E-state index contributed by atoms with van der Waals surface area (Å²) in [6.45, 7) is 1.32. The molecular formula is C8H16O4. The lowest BCUT2D eigenvalue weighted by Crippen LogP contribution is -2.34. The van der Waals surface area contributed by atoms with E-state index in [0.29, 0.717) is 6.42 Å². The summed E-state index contributed by atoms with van der Waals surface area (Å²) in [5.74, 6) is -0.689. The lowest BCUT2D eigenvalue weighted by atomic mass is 10.1. The van der Waals surface area contributed by atoms with E-state index in [1.54, 1.807) is 0 Å². The van der Waals surface area contributed by atoms with Gasteiger partial charge in [0.05, 0.1) is 6.61 Å². The number of unbranched alkanes of at least 4 members (excludes halogenated alkanes) is 1. The Morgan fingerprint density at radius 3 is 2.33 bits per heavy atom. The van der Waals surface area contributed by atoms with Crippen LogP contribution < -0.4 is 0 Å². The van der Waals surface area contributed by atoms with Crippen LogP contribution in [0.1, 0.15) is 26.2 Å². The van der Waals surface area contributed by atoms with Crippen LogP contribution in [-0.2, 0) is 4.79 Å². The first-order chi connectivity index (χ1) is 5.63. The number of rotatable bonds is 6. The highest BCUT2D eigenvalue weighted by Gasteiger charge is 2.21. The highest BCUT2D eigenvalue weighted by Crippen LogP contribution is 2.03. The molecule has 3 N–H and O–H groups in total. The summed E-state index contributed by atoms with van der Waals surface area (Å²) in [6, 6.07) is 0. The summed E-state index contributed by atoms with van der Waals surface area (Å²) in [5.41, 5.74) is 0. The van der Waals surface area contributed by atoms with E-state index in [-0.39, 0.29) is 0 Å². The van der Waals surface area contributed by atoms with Crippen LogP contribution in [0.2, 0.25) is 0 Å². The van der Waals surface area contributed by atoms with E-state index < -0.39 is 24.6 Å². The molecule has 72 valence electrons. The number of hydrogen-bond donors (Lipinski definition) is 3. The third kappa shape index (κ3) is 3.80. The third-order valence-electron chi connectivity index (χ3n) is 1.66. The SMILES string of the molecule is CCCCC(O)C(=O)C(O)CO. The molecular weight excluding hydrogens is 160 g/mol. The second-order valence-electron chi connectivity index (χ2n) is 2.76. The average Bonchev–Trinajstić information content (AvgIpc) is 2.11. The minimum absolute atomic E-state index is 0.354. The number of hydrogen-bond acceptors (Lipinski definition) is 4. The van der Waals surface area contributed by atoms with Crippen molar-refractivity contribution in [1.82, 2.24) is 0 Å². The molecule has 0 spiro atoms. The van der Waals surface area contributed by atoms with E-state index >= 15 is 0 Å². The van der Waals surface area contributed by atoms with E-state index in [4.69, 9.17) is 15.3 Å². The Bertz CT molecular complexity index is 135. The van der Waals surface area contributed by atoms with Gasteiger partial charge >= 0.3 is 0 Å². The first-order valence-corrected chi connectivity index (χ1v) is 4.14. The predicted molar refractivity (Wildman–Crippen MR) is 43.6 cm³/mol. The zero-order valence-electron chi connectivity index (χ0n) is 7.23. The number of ketones is 1. The second-order valence-corrected chi connectivity index (χ2v) is 2.76. The molecule has 0 fully saturated rings. The van der Waals surface area contributed by atoms with Crippen LogP contribution in [0, 0.1) is 0 Å². The Hall–Kier alpha value is -0.450. The monoisotopic (exact) mass is 176 g/mol. The van der Waals surface area contributed by atoms with Crippen LogP contribution in [0.25, 0.3) is 0 Å². The third-order valence-corrected chi connectivity index (χ3v) is 1.66. The molecule has 0 saturated heterocycles. The van der Waals surface area contributed by atoms with Gasteiger partial charge in [-0.15, -0.1) is 0 Å². The molecule has 0 aromatic rings. The molecule has 0 radical (unpaired) electrons. The van der Waals surface area contributed by atoms with Crippen LogP contribution in [0.3, 0.4) is 0 Å². The standard InChI is InChI=1S/C8H16O4/c1-2-3-4-6(10)8(12)7(11)5-9/h6-7,9-11H,2-5H2,1H3. The Balaban J connectivity index is 3.75. The molecule has 0 saturated carbocycles. The van der Waals surface area contributed by atoms with Gasteiger partial charge in [0, 0.05) is 0 Å². The molecule has 0 aromatic heterocycles. The zero-order chi connectivity index (χ0) is 9.56. The fraction of sp³-hybridized carbons (Fsp3) is 0.875. The van der Waals surface area contributed by atoms with Gasteiger partial charge in [0.25, 0.3) is 0 Å². The van der Waals surface area contributed by atoms with Crippen LogP contribution in [0.5, 0.6) is 0 Å². The van der Waals surface area contributed by atoms with Crippen LogP contribution in [0.4, 0.5) is 0 Å². The molecule has 0 bridgehead atoms. The fourth-order valence-electron chi connectivity index (χ4n) is 0.852. The number of carbonyl (C=O) groups is 1. The van der Waals surface area contributed by atoms with Crippen LogP contribution >= 0.6 is 0 Å². The molecule has 0 aliphatic rings. The average molecular weight is 176 g/mol. The van der Waals surface area contributed by atoms with Gasteiger partial charge in [-0.2, -0.15) is 0 Å². The van der Waals surface area contributed by atoms with Crippen molar-refractivity contribution in [2.24, 2.45) is 0 Å². The maximum absolute atomic E-state index is 10.9. The van der Waals surface area contributed by atoms with Gasteiger partial charge in [-0.1, -0.05) is 19.8 Å². The van der Waals surface area contributed by atoms with E-state index in [1.165, 1.54) is 0 Å². The van der Waals surface area contributed by atoms with Gasteiger partial charge in [0.2, 0.25) is 0 Å². The molecule has 0 amide bonds. The zero-order valence-corrected chi connectivity index (χ0v) is 7.23. The molecule has 2 unspecified atom stereocenters. The van der Waals surface area contributed by atoms with Gasteiger partial charge in [-0.05, 0) is 6.42 Å². The van der Waals surface area contributed by atoms with Crippen molar-refractivity contribution >= 4 is 5.78 Å². The van der Waals surface area contributed by atoms with Crippen molar-refractivity contribution < 1.29 is 20.1 Å². The number of aliphatic hydroxyl groups excluding tert-OH is 3. The lowest BCUT2D eigenvalue weighted by Gasteiger charge is -2.11. The minimum atomic E-state index is -1.43. The first kappa shape index (κ1) is 11.6. The van der Waals surface area contributed by atoms with Crippen molar-refractivity contribution in [2.75, 3.05) is 6.61 Å². The van der Waals surface area contributed by atoms with Gasteiger partial charge in [-0.25, -0.2) is 0 Å². The maximum Gasteiger partial charge on any atom is 0.191 e. The molecule has 0 aromatic carbocycles. The summed E-state index contributed by atoms with van der Waals surface area (Å²) in [6.07, 6.45) is -0.583. The Labute approximate surface area is 71.8 Å². The van der Waals surface area contributed by atoms with E-state index in [0.717, 1.165) is 12.8 Å². The Morgan fingerprint density at radius 1 is 1.33 bits per heavy atom.